The van der Waals surface area contributed by atoms with Crippen molar-refractivity contribution in [2.75, 3.05) is 6.61 Å². The molecule has 7 nitrogen and oxygen atoms in total. The number of aliphatic hydroxyl groups excluding tert-OH is 1. The summed E-state index contributed by atoms with van der Waals surface area (Å²) in [7, 11) is 0. The Labute approximate surface area is 291 Å². The van der Waals surface area contributed by atoms with Crippen molar-refractivity contribution in [3.63, 3.8) is 0 Å². The maximum Gasteiger partial charge on any atom is 0.152 e. The zero-order chi connectivity index (χ0) is 34.9. The maximum atomic E-state index is 13.2. The van der Waals surface area contributed by atoms with E-state index in [-0.39, 0.29) is 22.7 Å². The highest BCUT2D eigenvalue weighted by Crippen LogP contribution is 2.75. The number of epoxide rings is 1. The molecule has 0 radical (unpaired) electrons. The van der Waals surface area contributed by atoms with Crippen molar-refractivity contribution in [3.8, 4) is 0 Å². The second kappa shape index (κ2) is 9.70. The first-order chi connectivity index (χ1) is 22.8. The number of allylic oxidation sites excluding steroid dienone is 1. The fraction of sp³-hybridized carbons (Fsp3) is 0.714. The van der Waals surface area contributed by atoms with Crippen molar-refractivity contribution in [2.24, 2.45) is 17.3 Å². The number of hydrogen-bond donors (Lipinski definition) is 3. The summed E-state index contributed by atoms with van der Waals surface area (Å²) >= 11 is 0. The first kappa shape index (κ1) is 32.9. The first-order valence-corrected chi connectivity index (χ1v) is 18.9. The molecule has 2 aromatic rings. The third kappa shape index (κ3) is 3.96. The Bertz CT molecular complexity index is 1830. The van der Waals surface area contributed by atoms with E-state index in [1.807, 2.05) is 13.8 Å². The summed E-state index contributed by atoms with van der Waals surface area (Å²) < 4.78 is 26.3. The van der Waals surface area contributed by atoms with Gasteiger partial charge in [0.2, 0.25) is 0 Å². The quantitative estimate of drug-likeness (QED) is 0.237. The summed E-state index contributed by atoms with van der Waals surface area (Å²) in [5.74, 6) is 0.775. The van der Waals surface area contributed by atoms with Crippen LogP contribution in [0.25, 0.3) is 16.5 Å². The summed E-state index contributed by atoms with van der Waals surface area (Å²) in [4.78, 5) is 4.01. The van der Waals surface area contributed by atoms with Crippen molar-refractivity contribution < 1.29 is 29.2 Å². The number of ether oxygens (including phenoxy) is 4. The summed E-state index contributed by atoms with van der Waals surface area (Å²) in [6.07, 6.45) is 7.38. The van der Waals surface area contributed by atoms with E-state index in [1.54, 1.807) is 0 Å². The Kier molecular flexibility index (Phi) is 6.51. The molecular formula is C42H57NO6. The molecule has 4 heterocycles. The zero-order valence-corrected chi connectivity index (χ0v) is 31.3. The van der Waals surface area contributed by atoms with E-state index in [9.17, 15) is 10.2 Å². The van der Waals surface area contributed by atoms with E-state index in [0.717, 1.165) is 32.1 Å². The molecule has 1 aromatic heterocycles. The predicted molar refractivity (Wildman–Crippen MR) is 191 cm³/mol. The standard InChI is InChI=1S/C42H57NO6/c1-22(2)13-16-46-38(7,8)34-32(44)35-42(48-35)31(47-34)12-14-39(9)40(10)24(11-15-41(39,42)45)19-27-26-17-23-18-29-28(21-36(3,4)49-37(29,5)6)25(23)20-30(26)43-33(27)40/h13,17,20-21,24,29,31-32,34-35,43-45H,11-12,14-16,18-19H2,1-10H3/t24?,29?,31?,32-,34?,35+,39-,40-,41+,42?/m1/s1. The molecule has 9 rings (SSSR count). The third-order valence-corrected chi connectivity index (χ3v) is 15.1. The molecule has 0 amide bonds. The summed E-state index contributed by atoms with van der Waals surface area (Å²) in [6, 6.07) is 4.88. The van der Waals surface area contributed by atoms with Gasteiger partial charge in [0.15, 0.2) is 5.60 Å². The predicted octanol–water partition coefficient (Wildman–Crippen LogP) is 7.09. The smallest absolute Gasteiger partial charge is 0.152 e. The van der Waals surface area contributed by atoms with Gasteiger partial charge >= 0.3 is 0 Å². The van der Waals surface area contributed by atoms with Gasteiger partial charge in [0, 0.05) is 33.3 Å². The Morgan fingerprint density at radius 1 is 1.06 bits per heavy atom. The number of fused-ring (bicyclic) bond motifs is 10. The van der Waals surface area contributed by atoms with Crippen LogP contribution < -0.4 is 0 Å². The second-order valence-electron chi connectivity index (χ2n) is 19.1. The second-order valence-corrected chi connectivity index (χ2v) is 19.1. The van der Waals surface area contributed by atoms with Gasteiger partial charge in [-0.1, -0.05) is 25.5 Å². The van der Waals surface area contributed by atoms with Crippen LogP contribution in [0.15, 0.2) is 29.9 Å². The van der Waals surface area contributed by atoms with E-state index >= 15 is 0 Å². The molecule has 4 aliphatic carbocycles. The van der Waals surface area contributed by atoms with E-state index < -0.39 is 40.5 Å². The molecule has 49 heavy (non-hydrogen) atoms. The van der Waals surface area contributed by atoms with E-state index in [1.165, 1.54) is 44.4 Å². The van der Waals surface area contributed by atoms with E-state index in [0.29, 0.717) is 24.9 Å². The molecule has 3 aliphatic heterocycles. The lowest BCUT2D eigenvalue weighted by atomic mass is 9.40. The Morgan fingerprint density at radius 3 is 2.55 bits per heavy atom. The molecule has 7 heteroatoms. The highest BCUT2D eigenvalue weighted by Gasteiger charge is 2.86. The van der Waals surface area contributed by atoms with Crippen molar-refractivity contribution >= 4 is 16.5 Å². The van der Waals surface area contributed by atoms with E-state index in [4.69, 9.17) is 18.9 Å². The summed E-state index contributed by atoms with van der Waals surface area (Å²) in [6.45, 7) is 22.1. The highest BCUT2D eigenvalue weighted by molar-refractivity contribution is 5.92. The monoisotopic (exact) mass is 671 g/mol. The molecule has 2 saturated carbocycles. The lowest BCUT2D eigenvalue weighted by molar-refractivity contribution is -0.283. The number of aliphatic hydroxyl groups is 2. The van der Waals surface area contributed by atoms with Gasteiger partial charge < -0.3 is 34.1 Å². The zero-order valence-electron chi connectivity index (χ0n) is 31.3. The molecule has 5 unspecified atom stereocenters. The third-order valence-electron chi connectivity index (χ3n) is 15.1. The minimum absolute atomic E-state index is 0.227. The molecule has 4 fully saturated rings. The first-order valence-electron chi connectivity index (χ1n) is 18.9. The van der Waals surface area contributed by atoms with Gasteiger partial charge in [0.05, 0.1) is 29.5 Å². The Balaban J connectivity index is 1.08. The van der Waals surface area contributed by atoms with Crippen LogP contribution in [0, 0.1) is 17.3 Å². The van der Waals surface area contributed by atoms with Crippen LogP contribution in [0.4, 0.5) is 0 Å². The number of aromatic nitrogens is 1. The molecule has 7 aliphatic rings. The van der Waals surface area contributed by atoms with Gasteiger partial charge in [-0.05, 0) is 140 Å². The molecule has 0 bridgehead atoms. The lowest BCUT2D eigenvalue weighted by Crippen LogP contribution is -2.76. The number of H-pyrrole nitrogens is 1. The Morgan fingerprint density at radius 2 is 1.82 bits per heavy atom. The number of nitrogens with one attached hydrogen (secondary N) is 1. The fourth-order valence-corrected chi connectivity index (χ4v) is 12.5. The molecular weight excluding hydrogens is 614 g/mol. The van der Waals surface area contributed by atoms with Gasteiger partial charge in [-0.3, -0.25) is 0 Å². The van der Waals surface area contributed by atoms with Crippen molar-refractivity contribution in [3.05, 3.63) is 52.2 Å². The lowest BCUT2D eigenvalue weighted by Gasteiger charge is -2.66. The number of benzene rings is 1. The number of aromatic amines is 1. The van der Waals surface area contributed by atoms with Crippen LogP contribution in [0.3, 0.4) is 0 Å². The van der Waals surface area contributed by atoms with Crippen molar-refractivity contribution in [1.82, 2.24) is 4.98 Å². The number of rotatable bonds is 4. The van der Waals surface area contributed by atoms with Crippen LogP contribution in [-0.2, 0) is 37.2 Å². The van der Waals surface area contributed by atoms with Crippen LogP contribution in [0.5, 0.6) is 0 Å². The normalized spacial score (nSPS) is 43.7. The molecule has 1 spiro atoms. The van der Waals surface area contributed by atoms with Crippen LogP contribution in [-0.4, -0.2) is 74.2 Å². The SMILES string of the molecule is CC(C)=CCOC(C)(C)C1OC2CC[C@]3(C)[C@@]4(C)c5[nH]c6cc7c(cc6c5CC4CC[C@@]3(O)C23O[C@H]3[C@@H]1O)CC1C7=CC(C)(C)OC1(C)C. The van der Waals surface area contributed by atoms with Crippen LogP contribution in [0.1, 0.15) is 117 Å². The molecule has 1 aromatic carbocycles. The minimum atomic E-state index is -1.14. The van der Waals surface area contributed by atoms with Crippen LogP contribution >= 0.6 is 0 Å². The molecule has 266 valence electrons. The van der Waals surface area contributed by atoms with Crippen molar-refractivity contribution in [2.45, 2.75) is 166 Å². The fourth-order valence-electron chi connectivity index (χ4n) is 12.5. The molecule has 2 saturated heterocycles. The molecule has 10 atom stereocenters. The maximum absolute atomic E-state index is 13.2. The van der Waals surface area contributed by atoms with Crippen molar-refractivity contribution in [1.29, 1.82) is 0 Å². The average molecular weight is 672 g/mol. The highest BCUT2D eigenvalue weighted by atomic mass is 16.7. The summed E-state index contributed by atoms with van der Waals surface area (Å²) in [5, 5.41) is 26.4. The molecule has 3 N–H and O–H groups in total. The number of hydrogen-bond acceptors (Lipinski definition) is 6. The average Bonchev–Trinajstić information content (AvgIpc) is 3.41. The van der Waals surface area contributed by atoms with Gasteiger partial charge in [0.25, 0.3) is 0 Å². The van der Waals surface area contributed by atoms with Gasteiger partial charge in [-0.15, -0.1) is 0 Å². The van der Waals surface area contributed by atoms with Gasteiger partial charge in [-0.25, -0.2) is 0 Å². The minimum Gasteiger partial charge on any atom is -0.387 e. The van der Waals surface area contributed by atoms with E-state index in [2.05, 4.69) is 84.7 Å². The largest absolute Gasteiger partial charge is 0.387 e. The summed E-state index contributed by atoms with van der Waals surface area (Å²) in [5.41, 5.74) is 5.25. The Hall–Kier alpha value is -2.00. The van der Waals surface area contributed by atoms with Gasteiger partial charge in [0.1, 0.15) is 23.9 Å². The van der Waals surface area contributed by atoms with Gasteiger partial charge in [-0.2, -0.15) is 0 Å². The topological polar surface area (TPSA) is 96.5 Å². The van der Waals surface area contributed by atoms with Crippen LogP contribution in [0.2, 0.25) is 0 Å².